The molecule has 2 aromatic heterocycles. The third kappa shape index (κ3) is 2.55. The number of benzene rings is 1. The number of pyridine rings is 1. The number of piperidine rings is 1. The Kier molecular flexibility index (Phi) is 3.91. The number of rotatable bonds is 2. The van der Waals surface area contributed by atoms with Gasteiger partial charge in [-0.15, -0.1) is 11.3 Å². The Morgan fingerprint density at radius 2 is 2.00 bits per heavy atom. The molecule has 1 amide bonds. The van der Waals surface area contributed by atoms with Crippen LogP contribution in [0.5, 0.6) is 0 Å². The Bertz CT molecular complexity index is 1090. The van der Waals surface area contributed by atoms with Crippen molar-refractivity contribution >= 4 is 27.3 Å². The van der Waals surface area contributed by atoms with Crippen LogP contribution in [0.3, 0.4) is 0 Å². The number of aliphatic hydroxyl groups is 1. The van der Waals surface area contributed by atoms with Gasteiger partial charge in [-0.25, -0.2) is 0 Å². The van der Waals surface area contributed by atoms with E-state index in [0.717, 1.165) is 27.8 Å². The minimum atomic E-state index is -0.264. The average molecular weight is 380 g/mol. The van der Waals surface area contributed by atoms with Crippen molar-refractivity contribution in [3.05, 3.63) is 69.5 Å². The van der Waals surface area contributed by atoms with E-state index >= 15 is 0 Å². The van der Waals surface area contributed by atoms with Gasteiger partial charge in [0.15, 0.2) is 0 Å². The second kappa shape index (κ2) is 6.32. The molecule has 0 saturated carbocycles. The molecular weight excluding hydrogens is 360 g/mol. The Labute approximate surface area is 160 Å². The van der Waals surface area contributed by atoms with Crippen LogP contribution in [0, 0.1) is 5.92 Å². The van der Waals surface area contributed by atoms with Gasteiger partial charge in [0.05, 0.1) is 18.2 Å². The minimum Gasteiger partial charge on any atom is -0.394 e. The van der Waals surface area contributed by atoms with Gasteiger partial charge in [-0.05, 0) is 18.6 Å². The van der Waals surface area contributed by atoms with Gasteiger partial charge in [-0.3, -0.25) is 9.59 Å². The summed E-state index contributed by atoms with van der Waals surface area (Å²) in [6.07, 6.45) is 0.906. The van der Waals surface area contributed by atoms with Crippen LogP contribution in [0.2, 0.25) is 0 Å². The molecule has 3 atom stereocenters. The van der Waals surface area contributed by atoms with Gasteiger partial charge in [0, 0.05) is 52.2 Å². The number of carbonyl (C=O) groups is 1. The summed E-state index contributed by atoms with van der Waals surface area (Å²) in [6.45, 7) is 1.10. The highest BCUT2D eigenvalue weighted by molar-refractivity contribution is 7.17. The lowest BCUT2D eigenvalue weighted by molar-refractivity contribution is 0.0439. The normalized spacial score (nSPS) is 24.0. The van der Waals surface area contributed by atoms with Gasteiger partial charge in [-0.1, -0.05) is 24.3 Å². The number of nitrogens with zero attached hydrogens (tertiary/aromatic N) is 2. The van der Waals surface area contributed by atoms with E-state index in [1.165, 1.54) is 0 Å². The molecule has 0 radical (unpaired) electrons. The number of aliphatic hydroxyl groups excluding tert-OH is 1. The molecule has 2 aliphatic rings. The number of thiophene rings is 1. The van der Waals surface area contributed by atoms with Crippen LogP contribution in [0.15, 0.2) is 52.6 Å². The molecule has 0 unspecified atom stereocenters. The standard InChI is InChI=1S/C21H20N2O3S/c24-11-18-14-8-13(17-5-3-7-20(25)23(17)18)9-22(10-14)21(26)16-12-27-19-6-2-1-4-15(16)19/h1-7,12-14,18,24H,8-11H2/t13-,14+,18+/m1/s1. The van der Waals surface area contributed by atoms with Gasteiger partial charge >= 0.3 is 0 Å². The number of hydrogen-bond acceptors (Lipinski definition) is 4. The highest BCUT2D eigenvalue weighted by Gasteiger charge is 2.41. The number of fused-ring (bicyclic) bond motifs is 5. The van der Waals surface area contributed by atoms with Crippen molar-refractivity contribution in [3.8, 4) is 0 Å². The quantitative estimate of drug-likeness (QED) is 0.744. The summed E-state index contributed by atoms with van der Waals surface area (Å²) in [6, 6.07) is 13.0. The second-order valence-corrected chi connectivity index (χ2v) is 8.37. The molecule has 5 rings (SSSR count). The Balaban J connectivity index is 1.53. The van der Waals surface area contributed by atoms with Crippen LogP contribution in [-0.2, 0) is 0 Å². The highest BCUT2D eigenvalue weighted by Crippen LogP contribution is 2.41. The summed E-state index contributed by atoms with van der Waals surface area (Å²) in [7, 11) is 0. The molecule has 2 bridgehead atoms. The van der Waals surface area contributed by atoms with Crippen molar-refractivity contribution in [1.82, 2.24) is 9.47 Å². The molecule has 138 valence electrons. The van der Waals surface area contributed by atoms with Crippen molar-refractivity contribution in [1.29, 1.82) is 0 Å². The Morgan fingerprint density at radius 3 is 2.85 bits per heavy atom. The van der Waals surface area contributed by atoms with Crippen LogP contribution < -0.4 is 5.56 Å². The fourth-order valence-corrected chi connectivity index (χ4v) is 5.69. The molecule has 3 aromatic rings. The Morgan fingerprint density at radius 1 is 1.15 bits per heavy atom. The molecule has 27 heavy (non-hydrogen) atoms. The molecule has 0 spiro atoms. The monoisotopic (exact) mass is 380 g/mol. The van der Waals surface area contributed by atoms with E-state index < -0.39 is 0 Å². The molecule has 0 aliphatic carbocycles. The first-order valence-electron chi connectivity index (χ1n) is 9.25. The van der Waals surface area contributed by atoms with E-state index in [9.17, 15) is 14.7 Å². The fraction of sp³-hybridized carbons (Fsp3) is 0.333. The molecule has 5 nitrogen and oxygen atoms in total. The number of aromatic nitrogens is 1. The minimum absolute atomic E-state index is 0.0468. The summed E-state index contributed by atoms with van der Waals surface area (Å²) in [4.78, 5) is 27.6. The lowest BCUT2D eigenvalue weighted by atomic mass is 9.78. The Hall–Kier alpha value is -2.44. The molecule has 1 saturated heterocycles. The first-order chi connectivity index (χ1) is 13.2. The molecule has 1 aromatic carbocycles. The van der Waals surface area contributed by atoms with Gasteiger partial charge in [-0.2, -0.15) is 0 Å². The van der Waals surface area contributed by atoms with E-state index in [1.807, 2.05) is 40.6 Å². The smallest absolute Gasteiger partial charge is 0.255 e. The maximum Gasteiger partial charge on any atom is 0.255 e. The fourth-order valence-electron chi connectivity index (χ4n) is 4.76. The van der Waals surface area contributed by atoms with Crippen LogP contribution in [-0.4, -0.2) is 40.2 Å². The number of amides is 1. The SMILES string of the molecule is O=C(c1csc2ccccc12)N1C[C@H]2C[C@@H](C1)[C@H](CO)n1c2cccc1=O. The van der Waals surface area contributed by atoms with Gasteiger partial charge in [0.2, 0.25) is 0 Å². The van der Waals surface area contributed by atoms with Crippen LogP contribution in [0.25, 0.3) is 10.1 Å². The van der Waals surface area contributed by atoms with E-state index in [4.69, 9.17) is 0 Å². The number of hydrogen-bond donors (Lipinski definition) is 1. The van der Waals surface area contributed by atoms with Crippen LogP contribution in [0.1, 0.15) is 34.4 Å². The summed E-state index contributed by atoms with van der Waals surface area (Å²) in [5, 5.41) is 12.9. The van der Waals surface area contributed by atoms with Crippen molar-refractivity contribution in [3.63, 3.8) is 0 Å². The molecule has 6 heteroatoms. The molecule has 4 heterocycles. The summed E-state index contributed by atoms with van der Waals surface area (Å²) < 4.78 is 2.86. The number of carbonyl (C=O) groups excluding carboxylic acids is 1. The third-order valence-electron chi connectivity index (χ3n) is 5.98. The van der Waals surface area contributed by atoms with Gasteiger partial charge in [0.25, 0.3) is 11.5 Å². The predicted molar refractivity (Wildman–Crippen MR) is 105 cm³/mol. The first-order valence-corrected chi connectivity index (χ1v) is 10.1. The van der Waals surface area contributed by atoms with E-state index in [1.54, 1.807) is 28.0 Å². The maximum atomic E-state index is 13.3. The first kappa shape index (κ1) is 16.7. The molecule has 1 fully saturated rings. The topological polar surface area (TPSA) is 62.5 Å². The lowest BCUT2D eigenvalue weighted by Gasteiger charge is -2.46. The van der Waals surface area contributed by atoms with Crippen molar-refractivity contribution in [2.24, 2.45) is 5.92 Å². The largest absolute Gasteiger partial charge is 0.394 e. The molecule has 1 N–H and O–H groups in total. The van der Waals surface area contributed by atoms with Crippen molar-refractivity contribution in [2.45, 2.75) is 18.4 Å². The summed E-state index contributed by atoms with van der Waals surface area (Å²) in [5.74, 6) is 0.273. The average Bonchev–Trinajstić information content (AvgIpc) is 3.12. The van der Waals surface area contributed by atoms with Crippen molar-refractivity contribution < 1.29 is 9.90 Å². The van der Waals surface area contributed by atoms with E-state index in [-0.39, 0.29) is 36.0 Å². The predicted octanol–water partition coefficient (Wildman–Crippen LogP) is 2.86. The van der Waals surface area contributed by atoms with E-state index in [2.05, 4.69) is 0 Å². The number of likely N-dealkylation sites (tertiary alicyclic amines) is 1. The second-order valence-electron chi connectivity index (χ2n) is 7.46. The van der Waals surface area contributed by atoms with Crippen molar-refractivity contribution in [2.75, 3.05) is 19.7 Å². The van der Waals surface area contributed by atoms with Crippen LogP contribution in [0.4, 0.5) is 0 Å². The van der Waals surface area contributed by atoms with Gasteiger partial charge in [0.1, 0.15) is 0 Å². The lowest BCUT2D eigenvalue weighted by Crippen LogP contribution is -2.51. The van der Waals surface area contributed by atoms with Crippen LogP contribution >= 0.6 is 11.3 Å². The maximum absolute atomic E-state index is 13.3. The summed E-state index contributed by atoms with van der Waals surface area (Å²) in [5.41, 5.74) is 1.62. The third-order valence-corrected chi connectivity index (χ3v) is 6.95. The summed E-state index contributed by atoms with van der Waals surface area (Å²) >= 11 is 1.59. The molecular formula is C21H20N2O3S. The zero-order valence-electron chi connectivity index (χ0n) is 14.7. The van der Waals surface area contributed by atoms with E-state index in [0.29, 0.717) is 13.1 Å². The zero-order valence-corrected chi connectivity index (χ0v) is 15.6. The van der Waals surface area contributed by atoms with Gasteiger partial charge < -0.3 is 14.6 Å². The zero-order chi connectivity index (χ0) is 18.5. The molecule has 2 aliphatic heterocycles. The highest BCUT2D eigenvalue weighted by atomic mass is 32.1.